The van der Waals surface area contributed by atoms with Crippen molar-refractivity contribution < 1.29 is 18.3 Å². The second kappa shape index (κ2) is 3.10. The Morgan fingerprint density at radius 2 is 2.22 bits per heavy atom. The minimum atomic E-state index is -3.10. The first-order valence-electron chi connectivity index (χ1n) is 2.12. The van der Waals surface area contributed by atoms with Crippen LogP contribution in [0.4, 0.5) is 8.78 Å². The van der Waals surface area contributed by atoms with Gasteiger partial charge in [0, 0.05) is 6.92 Å². The minimum Gasteiger partial charge on any atom is -0.458 e. The molecule has 0 atom stereocenters. The number of carbonyl (C=O) groups is 1. The molecule has 0 saturated carbocycles. The Morgan fingerprint density at radius 1 is 1.78 bits per heavy atom. The molecule has 0 amide bonds. The molecule has 0 N–H and O–H groups in total. The number of esters is 1. The SMILES string of the molecule is CC(=O)OCC(F)(F)Br. The van der Waals surface area contributed by atoms with Crippen molar-refractivity contribution in [3.63, 3.8) is 0 Å². The molecule has 54 valence electrons. The standard InChI is InChI=1S/C4H5BrF2O2/c1-3(8)9-2-4(5,6)7/h2H2,1H3. The van der Waals surface area contributed by atoms with Crippen LogP contribution in [0.2, 0.25) is 0 Å². The molecule has 9 heavy (non-hydrogen) atoms. The van der Waals surface area contributed by atoms with Gasteiger partial charge >= 0.3 is 10.8 Å². The normalized spacial score (nSPS) is 11.1. The maximum atomic E-state index is 11.7. The van der Waals surface area contributed by atoms with Crippen LogP contribution in [-0.4, -0.2) is 17.4 Å². The third kappa shape index (κ3) is 7.81. The van der Waals surface area contributed by atoms with Crippen LogP contribution in [0.3, 0.4) is 0 Å². The number of halogens is 3. The van der Waals surface area contributed by atoms with Crippen molar-refractivity contribution in [2.75, 3.05) is 6.61 Å². The van der Waals surface area contributed by atoms with Gasteiger partial charge in [0.25, 0.3) is 0 Å². The first-order valence-corrected chi connectivity index (χ1v) is 2.91. The molecular weight excluding hydrogens is 198 g/mol. The summed E-state index contributed by atoms with van der Waals surface area (Å²) in [5.74, 6) is -0.714. The van der Waals surface area contributed by atoms with E-state index in [2.05, 4.69) is 4.74 Å². The average Bonchev–Trinajstić information content (AvgIpc) is 1.59. The van der Waals surface area contributed by atoms with Crippen molar-refractivity contribution in [3.8, 4) is 0 Å². The molecule has 0 saturated heterocycles. The van der Waals surface area contributed by atoms with Crippen LogP contribution < -0.4 is 0 Å². The summed E-state index contributed by atoms with van der Waals surface area (Å²) in [4.78, 5) is 6.82. The maximum Gasteiger partial charge on any atom is 0.334 e. The third-order valence-electron chi connectivity index (χ3n) is 0.439. The zero-order valence-corrected chi connectivity index (χ0v) is 6.24. The lowest BCUT2D eigenvalue weighted by Crippen LogP contribution is -2.16. The molecule has 0 aliphatic carbocycles. The van der Waals surface area contributed by atoms with Gasteiger partial charge in [0.05, 0.1) is 0 Å². The lowest BCUT2D eigenvalue weighted by molar-refractivity contribution is -0.146. The first-order chi connectivity index (χ1) is 3.92. The lowest BCUT2D eigenvalue weighted by atomic mass is 10.7. The number of rotatable bonds is 2. The van der Waals surface area contributed by atoms with Crippen LogP contribution in [-0.2, 0) is 9.53 Å². The van der Waals surface area contributed by atoms with Gasteiger partial charge < -0.3 is 4.74 Å². The van der Waals surface area contributed by atoms with Crippen molar-refractivity contribution in [1.82, 2.24) is 0 Å². The topological polar surface area (TPSA) is 26.3 Å². The van der Waals surface area contributed by atoms with Gasteiger partial charge in [0.15, 0.2) is 6.61 Å². The second-order valence-electron chi connectivity index (χ2n) is 1.40. The summed E-state index contributed by atoms with van der Waals surface area (Å²) < 4.78 is 27.4. The van der Waals surface area contributed by atoms with E-state index in [0.29, 0.717) is 0 Å². The Bertz CT molecular complexity index is 110. The van der Waals surface area contributed by atoms with Gasteiger partial charge in [-0.05, 0) is 15.9 Å². The van der Waals surface area contributed by atoms with Crippen molar-refractivity contribution in [1.29, 1.82) is 0 Å². The molecule has 0 unspecified atom stereocenters. The van der Waals surface area contributed by atoms with Crippen molar-refractivity contribution in [3.05, 3.63) is 0 Å². The van der Waals surface area contributed by atoms with E-state index in [4.69, 9.17) is 0 Å². The van der Waals surface area contributed by atoms with E-state index >= 15 is 0 Å². The quantitative estimate of drug-likeness (QED) is 0.502. The van der Waals surface area contributed by atoms with Crippen LogP contribution in [0.25, 0.3) is 0 Å². The summed E-state index contributed by atoms with van der Waals surface area (Å²) in [6, 6.07) is 0. The lowest BCUT2D eigenvalue weighted by Gasteiger charge is -2.06. The van der Waals surface area contributed by atoms with E-state index in [1.54, 1.807) is 0 Å². The molecule has 2 nitrogen and oxygen atoms in total. The highest BCUT2D eigenvalue weighted by Gasteiger charge is 2.25. The van der Waals surface area contributed by atoms with Gasteiger partial charge in [-0.3, -0.25) is 4.79 Å². The van der Waals surface area contributed by atoms with E-state index in [9.17, 15) is 13.6 Å². The van der Waals surface area contributed by atoms with E-state index in [1.807, 2.05) is 15.9 Å². The van der Waals surface area contributed by atoms with Gasteiger partial charge in [-0.15, -0.1) is 0 Å². The minimum absolute atomic E-state index is 0.714. The van der Waals surface area contributed by atoms with Crippen LogP contribution in [0.1, 0.15) is 6.92 Å². The van der Waals surface area contributed by atoms with Gasteiger partial charge in [0.1, 0.15) is 0 Å². The van der Waals surface area contributed by atoms with Crippen molar-refractivity contribution in [2.24, 2.45) is 0 Å². The highest BCUT2D eigenvalue weighted by Crippen LogP contribution is 2.21. The van der Waals surface area contributed by atoms with Crippen molar-refractivity contribution >= 4 is 21.9 Å². The van der Waals surface area contributed by atoms with E-state index in [1.165, 1.54) is 0 Å². The molecular formula is C4H5BrF2O2. The fourth-order valence-corrected chi connectivity index (χ4v) is 0.298. The number of ether oxygens (including phenoxy) is 1. The Hall–Kier alpha value is -0.190. The van der Waals surface area contributed by atoms with Crippen LogP contribution >= 0.6 is 15.9 Å². The zero-order chi connectivity index (χ0) is 7.49. The fraction of sp³-hybridized carbons (Fsp3) is 0.750. The highest BCUT2D eigenvalue weighted by atomic mass is 79.9. The molecule has 0 aliphatic rings. The Balaban J connectivity index is 3.39. The molecule has 0 fully saturated rings. The summed E-state index contributed by atoms with van der Waals surface area (Å²) in [6.45, 7) is 0.154. The Labute approximate surface area is 59.3 Å². The first kappa shape index (κ1) is 8.81. The molecule has 0 rings (SSSR count). The molecule has 0 spiro atoms. The zero-order valence-electron chi connectivity index (χ0n) is 4.66. The van der Waals surface area contributed by atoms with E-state index in [0.717, 1.165) is 6.92 Å². The number of carbonyl (C=O) groups excluding carboxylic acids is 1. The predicted molar refractivity (Wildman–Crippen MR) is 30.5 cm³/mol. The molecule has 0 aromatic rings. The maximum absolute atomic E-state index is 11.7. The van der Waals surface area contributed by atoms with Gasteiger partial charge in [0.2, 0.25) is 0 Å². The molecule has 0 heterocycles. The summed E-state index contributed by atoms with van der Waals surface area (Å²) in [5.41, 5.74) is 0. The summed E-state index contributed by atoms with van der Waals surface area (Å²) >= 11 is 2.00. The summed E-state index contributed by atoms with van der Waals surface area (Å²) in [7, 11) is 0. The van der Waals surface area contributed by atoms with E-state index < -0.39 is 17.4 Å². The molecule has 0 aromatic carbocycles. The fourth-order valence-electron chi connectivity index (χ4n) is 0.183. The Kier molecular flexibility index (Phi) is 3.03. The van der Waals surface area contributed by atoms with Gasteiger partial charge in [-0.25, -0.2) is 0 Å². The second-order valence-corrected chi connectivity index (χ2v) is 2.56. The van der Waals surface area contributed by atoms with Gasteiger partial charge in [-0.1, -0.05) is 0 Å². The van der Waals surface area contributed by atoms with Crippen LogP contribution in [0.15, 0.2) is 0 Å². The highest BCUT2D eigenvalue weighted by molar-refractivity contribution is 9.10. The monoisotopic (exact) mass is 202 g/mol. The largest absolute Gasteiger partial charge is 0.458 e. The van der Waals surface area contributed by atoms with Crippen molar-refractivity contribution in [2.45, 2.75) is 11.8 Å². The number of hydrogen-bond donors (Lipinski definition) is 0. The molecule has 0 aromatic heterocycles. The van der Waals surface area contributed by atoms with Gasteiger partial charge in [-0.2, -0.15) is 8.78 Å². The molecule has 0 aliphatic heterocycles. The number of hydrogen-bond acceptors (Lipinski definition) is 2. The van der Waals surface area contributed by atoms with Crippen LogP contribution in [0.5, 0.6) is 0 Å². The summed E-state index contributed by atoms with van der Waals surface area (Å²) in [6.07, 6.45) is 0. The summed E-state index contributed by atoms with van der Waals surface area (Å²) in [5, 5.41) is 0. The molecule has 0 radical (unpaired) electrons. The average molecular weight is 203 g/mol. The third-order valence-corrected chi connectivity index (χ3v) is 0.668. The number of alkyl halides is 3. The predicted octanol–water partition coefficient (Wildman–Crippen LogP) is 1.54. The molecule has 5 heteroatoms. The smallest absolute Gasteiger partial charge is 0.334 e. The Morgan fingerprint density at radius 3 is 2.33 bits per heavy atom. The van der Waals surface area contributed by atoms with E-state index in [-0.39, 0.29) is 0 Å². The van der Waals surface area contributed by atoms with Crippen LogP contribution in [0, 0.1) is 0 Å². The molecule has 0 bridgehead atoms.